The standard InChI is InChI=1S/C12H15NO6S.H2O/c1-8-2-4-9(5-3-8)20(18,19)13-10(12(16)17)6-7-11(14)15;/h2-5,10,13H,6-7H2,1H3,(H,14,15)(H,16,17);1H2/t10-;/m0./s1. The molecule has 0 saturated carbocycles. The zero-order chi connectivity index (χ0) is 15.3. The number of aryl methyl sites for hydroxylation is 1. The summed E-state index contributed by atoms with van der Waals surface area (Å²) < 4.78 is 26.0. The van der Waals surface area contributed by atoms with Crippen LogP contribution in [0.1, 0.15) is 18.4 Å². The van der Waals surface area contributed by atoms with Gasteiger partial charge in [-0.15, -0.1) is 0 Å². The molecular weight excluding hydrogens is 302 g/mol. The van der Waals surface area contributed by atoms with E-state index in [9.17, 15) is 18.0 Å². The third-order valence-electron chi connectivity index (χ3n) is 2.57. The second kappa shape index (κ2) is 7.72. The Bertz CT molecular complexity index is 595. The van der Waals surface area contributed by atoms with Gasteiger partial charge in [0.1, 0.15) is 6.04 Å². The van der Waals surface area contributed by atoms with Crippen LogP contribution in [0.15, 0.2) is 29.2 Å². The van der Waals surface area contributed by atoms with Crippen LogP contribution in [0.3, 0.4) is 0 Å². The van der Waals surface area contributed by atoms with Crippen molar-refractivity contribution in [3.63, 3.8) is 0 Å². The van der Waals surface area contributed by atoms with Crippen LogP contribution in [-0.4, -0.2) is 42.1 Å². The fourth-order valence-electron chi connectivity index (χ4n) is 1.47. The smallest absolute Gasteiger partial charge is 0.321 e. The topological polar surface area (TPSA) is 152 Å². The number of hydrogen-bond acceptors (Lipinski definition) is 4. The maximum absolute atomic E-state index is 12.0. The molecule has 0 bridgehead atoms. The summed E-state index contributed by atoms with van der Waals surface area (Å²) in [7, 11) is -3.99. The van der Waals surface area contributed by atoms with Gasteiger partial charge in [-0.2, -0.15) is 4.72 Å². The van der Waals surface area contributed by atoms with E-state index >= 15 is 0 Å². The fourth-order valence-corrected chi connectivity index (χ4v) is 2.70. The predicted molar refractivity (Wildman–Crippen MR) is 73.4 cm³/mol. The second-order valence-corrected chi connectivity index (χ2v) is 5.97. The zero-order valence-electron chi connectivity index (χ0n) is 11.2. The number of hydrogen-bond donors (Lipinski definition) is 3. The largest absolute Gasteiger partial charge is 0.481 e. The van der Waals surface area contributed by atoms with Crippen molar-refractivity contribution in [1.29, 1.82) is 0 Å². The van der Waals surface area contributed by atoms with Gasteiger partial charge in [-0.25, -0.2) is 8.42 Å². The first kappa shape index (κ1) is 19.0. The minimum Gasteiger partial charge on any atom is -0.481 e. The van der Waals surface area contributed by atoms with Crippen molar-refractivity contribution < 1.29 is 33.7 Å². The molecule has 5 N–H and O–H groups in total. The third-order valence-corrected chi connectivity index (χ3v) is 4.06. The molecule has 21 heavy (non-hydrogen) atoms. The van der Waals surface area contributed by atoms with E-state index in [1.54, 1.807) is 19.1 Å². The Labute approximate surface area is 121 Å². The van der Waals surface area contributed by atoms with Crippen molar-refractivity contribution in [1.82, 2.24) is 4.72 Å². The van der Waals surface area contributed by atoms with Gasteiger partial charge < -0.3 is 15.7 Å². The molecule has 0 amide bonds. The molecule has 1 aromatic carbocycles. The number of aliphatic carboxylic acids is 2. The van der Waals surface area contributed by atoms with Crippen molar-refractivity contribution in [2.24, 2.45) is 0 Å². The molecule has 0 radical (unpaired) electrons. The molecule has 0 aliphatic heterocycles. The van der Waals surface area contributed by atoms with Crippen LogP contribution in [0, 0.1) is 6.92 Å². The van der Waals surface area contributed by atoms with E-state index in [2.05, 4.69) is 0 Å². The molecule has 0 spiro atoms. The minimum atomic E-state index is -3.99. The summed E-state index contributed by atoms with van der Waals surface area (Å²) in [6.45, 7) is 1.79. The summed E-state index contributed by atoms with van der Waals surface area (Å²) in [5.41, 5.74) is 0.865. The van der Waals surface area contributed by atoms with E-state index in [-0.39, 0.29) is 16.8 Å². The van der Waals surface area contributed by atoms with Gasteiger partial charge in [-0.05, 0) is 25.5 Å². The van der Waals surface area contributed by atoms with Crippen molar-refractivity contribution in [2.75, 3.05) is 0 Å². The molecule has 0 unspecified atom stereocenters. The Hall–Kier alpha value is -1.97. The lowest BCUT2D eigenvalue weighted by atomic mass is 10.2. The average molecular weight is 319 g/mol. The maximum atomic E-state index is 12.0. The van der Waals surface area contributed by atoms with Crippen LogP contribution in [-0.2, 0) is 19.6 Å². The first-order valence-electron chi connectivity index (χ1n) is 5.76. The van der Waals surface area contributed by atoms with Gasteiger partial charge in [0, 0.05) is 6.42 Å². The van der Waals surface area contributed by atoms with E-state index < -0.39 is 34.4 Å². The molecule has 0 fully saturated rings. The van der Waals surface area contributed by atoms with Crippen LogP contribution in [0.4, 0.5) is 0 Å². The van der Waals surface area contributed by atoms with Gasteiger partial charge in [-0.3, -0.25) is 9.59 Å². The highest BCUT2D eigenvalue weighted by Crippen LogP contribution is 2.12. The van der Waals surface area contributed by atoms with Crippen molar-refractivity contribution in [3.8, 4) is 0 Å². The van der Waals surface area contributed by atoms with Crippen molar-refractivity contribution in [3.05, 3.63) is 29.8 Å². The molecule has 1 rings (SSSR count). The number of carboxylic acid groups (broad SMARTS) is 2. The van der Waals surface area contributed by atoms with E-state index in [1.807, 2.05) is 4.72 Å². The molecule has 0 aliphatic rings. The average Bonchev–Trinajstić information content (AvgIpc) is 2.34. The fraction of sp³-hybridized carbons (Fsp3) is 0.333. The lowest BCUT2D eigenvalue weighted by Crippen LogP contribution is -2.41. The van der Waals surface area contributed by atoms with Crippen LogP contribution in [0.5, 0.6) is 0 Å². The van der Waals surface area contributed by atoms with Crippen molar-refractivity contribution in [2.45, 2.75) is 30.7 Å². The second-order valence-electron chi connectivity index (χ2n) is 4.26. The van der Waals surface area contributed by atoms with Crippen LogP contribution >= 0.6 is 0 Å². The summed E-state index contributed by atoms with van der Waals surface area (Å²) in [6.07, 6.45) is -0.761. The Balaban J connectivity index is 0.00000400. The van der Waals surface area contributed by atoms with Gasteiger partial charge in [0.2, 0.25) is 10.0 Å². The van der Waals surface area contributed by atoms with Gasteiger partial charge in [0.25, 0.3) is 0 Å². The molecule has 1 atom stereocenters. The molecule has 8 nitrogen and oxygen atoms in total. The number of sulfonamides is 1. The summed E-state index contributed by atoms with van der Waals surface area (Å²) in [4.78, 5) is 21.3. The lowest BCUT2D eigenvalue weighted by Gasteiger charge is -2.14. The van der Waals surface area contributed by atoms with Gasteiger partial charge in [0.05, 0.1) is 4.90 Å². The molecule has 0 aromatic heterocycles. The Morgan fingerprint density at radius 2 is 1.71 bits per heavy atom. The summed E-state index contributed by atoms with van der Waals surface area (Å²) in [6, 6.07) is 4.41. The Morgan fingerprint density at radius 1 is 1.19 bits per heavy atom. The highest BCUT2D eigenvalue weighted by atomic mass is 32.2. The lowest BCUT2D eigenvalue weighted by molar-refractivity contribution is -0.140. The van der Waals surface area contributed by atoms with Crippen LogP contribution in [0.25, 0.3) is 0 Å². The van der Waals surface area contributed by atoms with Crippen molar-refractivity contribution >= 4 is 22.0 Å². The van der Waals surface area contributed by atoms with Crippen LogP contribution in [0.2, 0.25) is 0 Å². The van der Waals surface area contributed by atoms with Gasteiger partial charge in [0.15, 0.2) is 0 Å². The molecule has 0 saturated heterocycles. The summed E-state index contributed by atoms with van der Waals surface area (Å²) >= 11 is 0. The molecule has 0 heterocycles. The van der Waals surface area contributed by atoms with Gasteiger partial charge >= 0.3 is 11.9 Å². The first-order chi connectivity index (χ1) is 9.22. The van der Waals surface area contributed by atoms with E-state index in [4.69, 9.17) is 10.2 Å². The van der Waals surface area contributed by atoms with E-state index in [0.29, 0.717) is 0 Å². The monoisotopic (exact) mass is 319 g/mol. The number of rotatable bonds is 7. The first-order valence-corrected chi connectivity index (χ1v) is 7.24. The predicted octanol–water partition coefficient (Wildman–Crippen LogP) is -0.233. The number of benzene rings is 1. The van der Waals surface area contributed by atoms with Gasteiger partial charge in [-0.1, -0.05) is 17.7 Å². The molecule has 9 heteroatoms. The molecule has 118 valence electrons. The molecule has 1 aromatic rings. The minimum absolute atomic E-state index is 0. The number of carboxylic acids is 2. The molecular formula is C12H17NO7S. The SMILES string of the molecule is Cc1ccc(S(=O)(=O)N[C@@H](CCC(=O)O)C(=O)O)cc1.O. The third kappa shape index (κ3) is 5.90. The molecule has 0 aliphatic carbocycles. The number of carbonyl (C=O) groups is 2. The summed E-state index contributed by atoms with van der Waals surface area (Å²) in [5.74, 6) is -2.60. The Kier molecular flexibility index (Phi) is 6.99. The quantitative estimate of drug-likeness (QED) is 0.631. The highest BCUT2D eigenvalue weighted by Gasteiger charge is 2.25. The van der Waals surface area contributed by atoms with E-state index in [1.165, 1.54) is 12.1 Å². The maximum Gasteiger partial charge on any atom is 0.321 e. The summed E-state index contributed by atoms with van der Waals surface area (Å²) in [5, 5.41) is 17.4. The highest BCUT2D eigenvalue weighted by molar-refractivity contribution is 7.89. The Morgan fingerprint density at radius 3 is 2.14 bits per heavy atom. The number of nitrogens with one attached hydrogen (secondary N) is 1. The van der Waals surface area contributed by atoms with E-state index in [0.717, 1.165) is 5.56 Å². The normalized spacial score (nSPS) is 12.2. The zero-order valence-corrected chi connectivity index (χ0v) is 12.1. The van der Waals surface area contributed by atoms with Crippen LogP contribution < -0.4 is 4.72 Å².